The summed E-state index contributed by atoms with van der Waals surface area (Å²) in [6.45, 7) is 6.35. The van der Waals surface area contributed by atoms with Crippen LogP contribution in [0.25, 0.3) is 6.08 Å². The van der Waals surface area contributed by atoms with Crippen molar-refractivity contribution in [2.45, 2.75) is 32.3 Å². The number of piperidine rings is 1. The smallest absolute Gasteiger partial charge is 0.131 e. The quantitative estimate of drug-likeness (QED) is 0.791. The third kappa shape index (κ3) is 1.90. The van der Waals surface area contributed by atoms with Crippen LogP contribution in [0.15, 0.2) is 16.6 Å². The summed E-state index contributed by atoms with van der Waals surface area (Å²) in [5, 5.41) is 3.39. The molecule has 1 aromatic rings. The molecule has 2 aliphatic rings. The molecule has 1 saturated heterocycles. The summed E-state index contributed by atoms with van der Waals surface area (Å²) in [7, 11) is 0. The van der Waals surface area contributed by atoms with Crippen LogP contribution in [0.2, 0.25) is 0 Å². The monoisotopic (exact) mass is 307 g/mol. The number of benzene rings is 1. The standard InChI is InChI=1S/C15H18BrNO/c1-10-11(2)14-12(9-13(10)16)3-4-15(18-14)5-7-17-8-6-15/h3-4,9,17H,5-8H2,1-2H3. The number of rotatable bonds is 0. The topological polar surface area (TPSA) is 21.3 Å². The van der Waals surface area contributed by atoms with E-state index in [1.54, 1.807) is 0 Å². The number of hydrogen-bond donors (Lipinski definition) is 1. The molecule has 2 heterocycles. The van der Waals surface area contributed by atoms with Gasteiger partial charge in [-0.3, -0.25) is 0 Å². The van der Waals surface area contributed by atoms with Crippen molar-refractivity contribution in [3.8, 4) is 5.75 Å². The first-order chi connectivity index (χ1) is 8.61. The first kappa shape index (κ1) is 12.2. The molecule has 3 rings (SSSR count). The minimum atomic E-state index is -0.0801. The highest BCUT2D eigenvalue weighted by Gasteiger charge is 2.35. The lowest BCUT2D eigenvalue weighted by Crippen LogP contribution is -2.45. The molecule has 0 radical (unpaired) electrons. The van der Waals surface area contributed by atoms with E-state index in [0.717, 1.165) is 36.2 Å². The third-order valence-corrected chi connectivity index (χ3v) is 4.95. The minimum Gasteiger partial charge on any atom is -0.482 e. The molecule has 0 aliphatic carbocycles. The second-order valence-electron chi connectivity index (χ2n) is 5.28. The van der Waals surface area contributed by atoms with Gasteiger partial charge in [-0.25, -0.2) is 0 Å². The van der Waals surface area contributed by atoms with E-state index in [2.05, 4.69) is 53.3 Å². The van der Waals surface area contributed by atoms with Gasteiger partial charge in [0.1, 0.15) is 11.4 Å². The van der Waals surface area contributed by atoms with Crippen molar-refractivity contribution in [1.29, 1.82) is 0 Å². The summed E-state index contributed by atoms with van der Waals surface area (Å²) >= 11 is 3.61. The Morgan fingerprint density at radius 2 is 1.94 bits per heavy atom. The molecule has 18 heavy (non-hydrogen) atoms. The molecule has 0 bridgehead atoms. The molecule has 3 heteroatoms. The molecule has 2 aliphatic heterocycles. The Hall–Kier alpha value is -0.800. The van der Waals surface area contributed by atoms with Crippen molar-refractivity contribution in [1.82, 2.24) is 5.32 Å². The minimum absolute atomic E-state index is 0.0801. The van der Waals surface area contributed by atoms with Crippen molar-refractivity contribution < 1.29 is 4.74 Å². The van der Waals surface area contributed by atoms with E-state index in [9.17, 15) is 0 Å². The lowest BCUT2D eigenvalue weighted by molar-refractivity contribution is 0.0814. The van der Waals surface area contributed by atoms with Gasteiger partial charge in [0.15, 0.2) is 0 Å². The fourth-order valence-electron chi connectivity index (χ4n) is 2.73. The van der Waals surface area contributed by atoms with Crippen LogP contribution in [-0.4, -0.2) is 18.7 Å². The number of nitrogens with one attached hydrogen (secondary N) is 1. The average molecular weight is 308 g/mol. The highest BCUT2D eigenvalue weighted by atomic mass is 79.9. The molecule has 1 N–H and O–H groups in total. The molecule has 0 atom stereocenters. The van der Waals surface area contributed by atoms with Gasteiger partial charge >= 0.3 is 0 Å². The van der Waals surface area contributed by atoms with Crippen LogP contribution in [-0.2, 0) is 0 Å². The number of halogens is 1. The van der Waals surface area contributed by atoms with E-state index >= 15 is 0 Å². The number of fused-ring (bicyclic) bond motifs is 1. The van der Waals surface area contributed by atoms with Crippen molar-refractivity contribution in [2.24, 2.45) is 0 Å². The van der Waals surface area contributed by atoms with Gasteiger partial charge in [0.25, 0.3) is 0 Å². The lowest BCUT2D eigenvalue weighted by Gasteiger charge is -2.39. The van der Waals surface area contributed by atoms with Crippen molar-refractivity contribution in [3.63, 3.8) is 0 Å². The molecular weight excluding hydrogens is 290 g/mol. The van der Waals surface area contributed by atoms with E-state index in [1.807, 2.05) is 0 Å². The lowest BCUT2D eigenvalue weighted by atomic mass is 9.88. The van der Waals surface area contributed by atoms with Gasteiger partial charge in [0.2, 0.25) is 0 Å². The average Bonchev–Trinajstić information content (AvgIpc) is 2.39. The van der Waals surface area contributed by atoms with Gasteiger partial charge in [0, 0.05) is 22.9 Å². The SMILES string of the molecule is Cc1c(Br)cc2c(c1C)OC1(C=C2)CCNCC1. The molecule has 0 saturated carbocycles. The summed E-state index contributed by atoms with van der Waals surface area (Å²) in [6.07, 6.45) is 6.58. The third-order valence-electron chi connectivity index (χ3n) is 4.13. The van der Waals surface area contributed by atoms with Crippen LogP contribution >= 0.6 is 15.9 Å². The molecule has 0 aromatic heterocycles. The summed E-state index contributed by atoms with van der Waals surface area (Å²) in [5.74, 6) is 1.07. The van der Waals surface area contributed by atoms with Gasteiger partial charge in [-0.05, 0) is 50.2 Å². The summed E-state index contributed by atoms with van der Waals surface area (Å²) < 4.78 is 7.54. The highest BCUT2D eigenvalue weighted by molar-refractivity contribution is 9.10. The number of hydrogen-bond acceptors (Lipinski definition) is 2. The zero-order valence-electron chi connectivity index (χ0n) is 10.8. The second-order valence-corrected chi connectivity index (χ2v) is 6.13. The molecule has 1 spiro atoms. The van der Waals surface area contributed by atoms with Crippen LogP contribution in [0.1, 0.15) is 29.5 Å². The maximum absolute atomic E-state index is 6.38. The van der Waals surface area contributed by atoms with E-state index in [-0.39, 0.29) is 5.60 Å². The summed E-state index contributed by atoms with van der Waals surface area (Å²) in [6, 6.07) is 2.15. The van der Waals surface area contributed by atoms with E-state index in [1.165, 1.54) is 16.7 Å². The highest BCUT2D eigenvalue weighted by Crippen LogP contribution is 2.41. The number of ether oxygens (including phenoxy) is 1. The molecular formula is C15H18BrNO. The van der Waals surface area contributed by atoms with Crippen LogP contribution in [0.4, 0.5) is 0 Å². The largest absolute Gasteiger partial charge is 0.482 e. The Bertz CT molecular complexity index is 516. The van der Waals surface area contributed by atoms with Gasteiger partial charge < -0.3 is 10.1 Å². The zero-order chi connectivity index (χ0) is 12.8. The maximum atomic E-state index is 6.38. The molecule has 1 aromatic carbocycles. The Labute approximate surface area is 117 Å². The van der Waals surface area contributed by atoms with E-state index in [0.29, 0.717) is 0 Å². The molecule has 1 fully saturated rings. The van der Waals surface area contributed by atoms with Crippen LogP contribution in [0.3, 0.4) is 0 Å². The molecule has 2 nitrogen and oxygen atoms in total. The Kier molecular flexibility index (Phi) is 2.99. The molecule has 0 amide bonds. The first-order valence-electron chi connectivity index (χ1n) is 6.50. The van der Waals surface area contributed by atoms with Crippen LogP contribution in [0.5, 0.6) is 5.75 Å². The fourth-order valence-corrected chi connectivity index (χ4v) is 3.28. The fraction of sp³-hybridized carbons (Fsp3) is 0.467. The van der Waals surface area contributed by atoms with E-state index in [4.69, 9.17) is 4.74 Å². The van der Waals surface area contributed by atoms with Crippen molar-refractivity contribution in [3.05, 3.63) is 33.3 Å². The van der Waals surface area contributed by atoms with Crippen LogP contribution < -0.4 is 10.1 Å². The van der Waals surface area contributed by atoms with Gasteiger partial charge in [0.05, 0.1) is 0 Å². The molecule has 0 unspecified atom stereocenters. The van der Waals surface area contributed by atoms with Crippen LogP contribution in [0, 0.1) is 13.8 Å². The Balaban J connectivity index is 2.04. The maximum Gasteiger partial charge on any atom is 0.131 e. The van der Waals surface area contributed by atoms with E-state index < -0.39 is 0 Å². The summed E-state index contributed by atoms with van der Waals surface area (Å²) in [4.78, 5) is 0. The first-order valence-corrected chi connectivity index (χ1v) is 7.29. The Morgan fingerprint density at radius 3 is 2.67 bits per heavy atom. The normalized spacial score (nSPS) is 20.6. The second kappa shape index (κ2) is 4.39. The van der Waals surface area contributed by atoms with Gasteiger partial charge in [-0.15, -0.1) is 0 Å². The predicted octanol–water partition coefficient (Wildman–Crippen LogP) is 3.59. The zero-order valence-corrected chi connectivity index (χ0v) is 12.4. The van der Waals surface area contributed by atoms with Gasteiger partial charge in [-0.1, -0.05) is 22.0 Å². The van der Waals surface area contributed by atoms with Crippen molar-refractivity contribution >= 4 is 22.0 Å². The summed E-state index contributed by atoms with van der Waals surface area (Å²) in [5.41, 5.74) is 3.63. The molecule has 96 valence electrons. The van der Waals surface area contributed by atoms with Gasteiger partial charge in [-0.2, -0.15) is 0 Å². The predicted molar refractivity (Wildman–Crippen MR) is 78.1 cm³/mol. The Morgan fingerprint density at radius 1 is 1.22 bits per heavy atom. The van der Waals surface area contributed by atoms with Crippen molar-refractivity contribution in [2.75, 3.05) is 13.1 Å².